The second-order valence-electron chi connectivity index (χ2n) is 8.07. The Bertz CT molecular complexity index is 1320. The van der Waals surface area contributed by atoms with Gasteiger partial charge in [-0.1, -0.05) is 18.2 Å². The van der Waals surface area contributed by atoms with Crippen LogP contribution in [0, 0.1) is 6.92 Å². The summed E-state index contributed by atoms with van der Waals surface area (Å²) in [6.07, 6.45) is -3.38. The van der Waals surface area contributed by atoms with E-state index in [0.29, 0.717) is 42.9 Å². The summed E-state index contributed by atoms with van der Waals surface area (Å²) in [7, 11) is 1.65. The molecule has 0 unspecified atom stereocenters. The van der Waals surface area contributed by atoms with Gasteiger partial charge in [0.15, 0.2) is 0 Å². The van der Waals surface area contributed by atoms with E-state index >= 15 is 0 Å². The first-order chi connectivity index (χ1) is 16.5. The van der Waals surface area contributed by atoms with E-state index < -0.39 is 11.7 Å². The number of benzene rings is 1. The van der Waals surface area contributed by atoms with Crippen molar-refractivity contribution in [3.63, 3.8) is 0 Å². The van der Waals surface area contributed by atoms with Crippen LogP contribution in [0.25, 0.3) is 22.2 Å². The molecule has 1 aromatic carbocycles. The molecule has 12 heteroatoms. The molecule has 8 nitrogen and oxygen atoms in total. The van der Waals surface area contributed by atoms with Gasteiger partial charge in [0, 0.05) is 44.2 Å². The average molecular weight is 506 g/mol. The Morgan fingerprint density at radius 1 is 1.17 bits per heavy atom. The minimum absolute atomic E-state index is 0.0482. The highest BCUT2D eigenvalue weighted by Gasteiger charge is 2.37. The van der Waals surface area contributed by atoms with E-state index in [0.717, 1.165) is 0 Å². The van der Waals surface area contributed by atoms with Crippen LogP contribution in [0.4, 0.5) is 30.8 Å². The van der Waals surface area contributed by atoms with Crippen LogP contribution in [-0.2, 0) is 11.0 Å². The molecule has 2 aromatic heterocycles. The Labute approximate surface area is 204 Å². The first-order valence-corrected chi connectivity index (χ1v) is 11.1. The van der Waals surface area contributed by atoms with E-state index in [1.807, 2.05) is 4.90 Å². The van der Waals surface area contributed by atoms with Crippen molar-refractivity contribution in [1.82, 2.24) is 19.9 Å². The normalized spacial score (nSPS) is 14.3. The maximum atomic E-state index is 13.9. The Morgan fingerprint density at radius 3 is 2.46 bits per heavy atom. The number of amides is 1. The van der Waals surface area contributed by atoms with Gasteiger partial charge in [0.25, 0.3) is 0 Å². The summed E-state index contributed by atoms with van der Waals surface area (Å²) in [6, 6.07) is 4.19. The number of nitrogens with one attached hydrogen (secondary N) is 1. The lowest BCUT2D eigenvalue weighted by molar-refractivity contribution is -0.137. The summed E-state index contributed by atoms with van der Waals surface area (Å²) in [4.78, 5) is 28.6. The largest absolute Gasteiger partial charge is 0.418 e. The van der Waals surface area contributed by atoms with Crippen LogP contribution in [0.5, 0.6) is 0 Å². The molecule has 0 bridgehead atoms. The predicted octanol–water partition coefficient (Wildman–Crippen LogP) is 4.13. The number of nitrogens with zero attached hydrogens (tertiary/aromatic N) is 5. The SMILES string of the molecule is C=CC(=O)N1CCN(c2nc(NC)nc3cc(-c4nc(N)cc(C)c4C(F)(F)F)c(Cl)cc23)CC1. The van der Waals surface area contributed by atoms with Gasteiger partial charge in [0.2, 0.25) is 11.9 Å². The van der Waals surface area contributed by atoms with Crippen molar-refractivity contribution >= 4 is 46.0 Å². The fourth-order valence-corrected chi connectivity index (χ4v) is 4.44. The quantitative estimate of drug-likeness (QED) is 0.514. The second kappa shape index (κ2) is 9.21. The molecule has 184 valence electrons. The van der Waals surface area contributed by atoms with E-state index in [1.54, 1.807) is 18.0 Å². The predicted molar refractivity (Wildman–Crippen MR) is 130 cm³/mol. The number of carbonyl (C=O) groups is 1. The lowest BCUT2D eigenvalue weighted by atomic mass is 9.99. The number of carbonyl (C=O) groups excluding carboxylic acids is 1. The van der Waals surface area contributed by atoms with Crippen LogP contribution in [0.15, 0.2) is 30.9 Å². The first-order valence-electron chi connectivity index (χ1n) is 10.7. The number of hydrogen-bond acceptors (Lipinski definition) is 7. The zero-order chi connectivity index (χ0) is 25.5. The van der Waals surface area contributed by atoms with Gasteiger partial charge in [-0.15, -0.1) is 0 Å². The number of piperazine rings is 1. The number of anilines is 3. The minimum Gasteiger partial charge on any atom is -0.384 e. The number of aryl methyl sites for hydroxylation is 1. The highest BCUT2D eigenvalue weighted by molar-refractivity contribution is 6.34. The molecule has 0 saturated carbocycles. The number of fused-ring (bicyclic) bond motifs is 1. The molecular formula is C23H23ClF3N7O. The van der Waals surface area contributed by atoms with Gasteiger partial charge < -0.3 is 20.9 Å². The molecule has 3 N–H and O–H groups in total. The lowest BCUT2D eigenvalue weighted by Gasteiger charge is -2.35. The van der Waals surface area contributed by atoms with Crippen molar-refractivity contribution in [1.29, 1.82) is 0 Å². The molecule has 4 rings (SSSR count). The Morgan fingerprint density at radius 2 is 1.86 bits per heavy atom. The lowest BCUT2D eigenvalue weighted by Crippen LogP contribution is -2.48. The summed E-state index contributed by atoms with van der Waals surface area (Å²) in [5.74, 6) is 0.656. The number of alkyl halides is 3. The molecule has 1 aliphatic rings. The number of nitrogens with two attached hydrogens (primary N) is 1. The third-order valence-electron chi connectivity index (χ3n) is 5.83. The molecular weight excluding hydrogens is 483 g/mol. The van der Waals surface area contributed by atoms with Crippen LogP contribution >= 0.6 is 11.6 Å². The van der Waals surface area contributed by atoms with Gasteiger partial charge >= 0.3 is 6.18 Å². The molecule has 1 aliphatic heterocycles. The topological polar surface area (TPSA) is 100 Å². The summed E-state index contributed by atoms with van der Waals surface area (Å²) in [5, 5.41) is 3.51. The van der Waals surface area contributed by atoms with Crippen molar-refractivity contribution < 1.29 is 18.0 Å². The molecule has 0 aliphatic carbocycles. The fourth-order valence-electron chi connectivity index (χ4n) is 4.19. The number of pyridine rings is 1. The van der Waals surface area contributed by atoms with E-state index in [9.17, 15) is 18.0 Å². The number of nitrogen functional groups attached to an aromatic ring is 1. The van der Waals surface area contributed by atoms with Crippen molar-refractivity contribution in [3.05, 3.63) is 47.0 Å². The van der Waals surface area contributed by atoms with Gasteiger partial charge in [-0.3, -0.25) is 4.79 Å². The summed E-state index contributed by atoms with van der Waals surface area (Å²) in [6.45, 7) is 6.79. The second-order valence-corrected chi connectivity index (χ2v) is 8.48. The fraction of sp³-hybridized carbons (Fsp3) is 0.304. The van der Waals surface area contributed by atoms with Crippen LogP contribution < -0.4 is 16.0 Å². The molecule has 1 fully saturated rings. The van der Waals surface area contributed by atoms with Gasteiger partial charge in [-0.05, 0) is 36.8 Å². The summed E-state index contributed by atoms with van der Waals surface area (Å²) >= 11 is 6.53. The number of rotatable bonds is 4. The average Bonchev–Trinajstić information content (AvgIpc) is 2.81. The van der Waals surface area contributed by atoms with E-state index in [2.05, 4.69) is 26.8 Å². The van der Waals surface area contributed by atoms with Crippen LogP contribution in [0.3, 0.4) is 0 Å². The number of hydrogen-bond donors (Lipinski definition) is 2. The summed E-state index contributed by atoms with van der Waals surface area (Å²) in [5.41, 5.74) is 4.92. The smallest absolute Gasteiger partial charge is 0.384 e. The molecule has 3 aromatic rings. The van der Waals surface area contributed by atoms with E-state index in [1.165, 1.54) is 25.1 Å². The van der Waals surface area contributed by atoms with Gasteiger partial charge in [0.1, 0.15) is 11.6 Å². The summed E-state index contributed by atoms with van der Waals surface area (Å²) < 4.78 is 41.7. The Hall–Kier alpha value is -3.60. The maximum Gasteiger partial charge on any atom is 0.418 e. The van der Waals surface area contributed by atoms with Crippen molar-refractivity contribution in [3.8, 4) is 11.3 Å². The highest BCUT2D eigenvalue weighted by Crippen LogP contribution is 2.42. The molecule has 0 atom stereocenters. The van der Waals surface area contributed by atoms with Gasteiger partial charge in [-0.2, -0.15) is 18.2 Å². The van der Waals surface area contributed by atoms with Crippen LogP contribution in [0.1, 0.15) is 11.1 Å². The molecule has 1 amide bonds. The van der Waals surface area contributed by atoms with Crippen molar-refractivity contribution in [2.75, 3.05) is 49.2 Å². The van der Waals surface area contributed by atoms with E-state index in [-0.39, 0.29) is 39.5 Å². The Balaban J connectivity index is 1.86. The first kappa shape index (κ1) is 24.5. The van der Waals surface area contributed by atoms with Crippen LogP contribution in [-0.4, -0.2) is 59.0 Å². The molecule has 1 saturated heterocycles. The van der Waals surface area contributed by atoms with E-state index in [4.69, 9.17) is 17.3 Å². The highest BCUT2D eigenvalue weighted by atomic mass is 35.5. The standard InChI is InChI=1S/C23H23ClF3N7O/c1-4-18(35)33-5-7-34(8-6-33)21-14-10-15(24)13(11-16(14)30-22(29-3)32-21)20-19(23(25,26)27)12(2)9-17(28)31-20/h4,9-11H,1,5-8H2,2-3H3,(H2,28,31)(H,29,30,32). The number of halogens is 4. The van der Waals surface area contributed by atoms with Gasteiger partial charge in [-0.25, -0.2) is 9.97 Å². The van der Waals surface area contributed by atoms with Crippen LogP contribution in [0.2, 0.25) is 5.02 Å². The molecule has 0 spiro atoms. The zero-order valence-electron chi connectivity index (χ0n) is 19.1. The maximum absolute atomic E-state index is 13.9. The van der Waals surface area contributed by atoms with Gasteiger partial charge in [0.05, 0.1) is 21.8 Å². The van der Waals surface area contributed by atoms with Crippen molar-refractivity contribution in [2.24, 2.45) is 0 Å². The Kier molecular flexibility index (Phi) is 6.46. The monoisotopic (exact) mass is 505 g/mol. The zero-order valence-corrected chi connectivity index (χ0v) is 19.8. The van der Waals surface area contributed by atoms with Crippen molar-refractivity contribution in [2.45, 2.75) is 13.1 Å². The molecule has 3 heterocycles. The third kappa shape index (κ3) is 4.68. The molecule has 0 radical (unpaired) electrons. The minimum atomic E-state index is -4.66. The number of aromatic nitrogens is 3. The molecule has 35 heavy (non-hydrogen) atoms. The third-order valence-corrected chi connectivity index (χ3v) is 6.14.